The molecule has 2 heterocycles. The SMILES string of the molecule is N/C(=N/O)c1ccc2ccn(Cc3ccc(Br)s3)c2c1. The van der Waals surface area contributed by atoms with Crippen LogP contribution in [0.5, 0.6) is 0 Å². The molecular weight excluding hydrogens is 338 g/mol. The molecule has 3 N–H and O–H groups in total. The first kappa shape index (κ1) is 13.2. The van der Waals surface area contributed by atoms with Gasteiger partial charge in [0.25, 0.3) is 0 Å². The van der Waals surface area contributed by atoms with Crippen molar-refractivity contribution in [1.82, 2.24) is 4.57 Å². The number of halogens is 1. The van der Waals surface area contributed by atoms with Crippen LogP contribution in [0.2, 0.25) is 0 Å². The van der Waals surface area contributed by atoms with Gasteiger partial charge in [-0.05, 0) is 45.6 Å². The molecule has 0 saturated heterocycles. The standard InChI is InChI=1S/C14H12BrN3OS/c15-13-4-3-11(20-13)8-18-6-5-9-1-2-10(7-12(9)18)14(16)17-19/h1-7,19H,8H2,(H2,16,17). The molecule has 0 radical (unpaired) electrons. The van der Waals surface area contributed by atoms with Crippen LogP contribution in [-0.2, 0) is 6.54 Å². The van der Waals surface area contributed by atoms with Crippen molar-refractivity contribution in [2.75, 3.05) is 0 Å². The minimum absolute atomic E-state index is 0.124. The number of oxime groups is 1. The van der Waals surface area contributed by atoms with Crippen LogP contribution in [0.15, 0.2) is 51.5 Å². The highest BCUT2D eigenvalue weighted by molar-refractivity contribution is 9.11. The van der Waals surface area contributed by atoms with Crippen LogP contribution in [-0.4, -0.2) is 15.6 Å². The highest BCUT2D eigenvalue weighted by Crippen LogP contribution is 2.25. The molecule has 0 aliphatic carbocycles. The molecule has 0 saturated carbocycles. The lowest BCUT2D eigenvalue weighted by molar-refractivity contribution is 0.318. The minimum atomic E-state index is 0.124. The molecule has 4 nitrogen and oxygen atoms in total. The van der Waals surface area contributed by atoms with E-state index in [9.17, 15) is 0 Å². The lowest BCUT2D eigenvalue weighted by Crippen LogP contribution is -2.12. The summed E-state index contributed by atoms with van der Waals surface area (Å²) in [5.74, 6) is 0.124. The first-order valence-electron chi connectivity index (χ1n) is 5.98. The molecule has 0 amide bonds. The third-order valence-corrected chi connectivity index (χ3v) is 4.74. The van der Waals surface area contributed by atoms with Gasteiger partial charge >= 0.3 is 0 Å². The Kier molecular flexibility index (Phi) is 3.50. The Balaban J connectivity index is 2.02. The van der Waals surface area contributed by atoms with Gasteiger partial charge in [-0.1, -0.05) is 17.3 Å². The van der Waals surface area contributed by atoms with E-state index in [1.165, 1.54) is 4.88 Å². The highest BCUT2D eigenvalue weighted by Gasteiger charge is 2.06. The summed E-state index contributed by atoms with van der Waals surface area (Å²) in [7, 11) is 0. The number of amidine groups is 1. The Morgan fingerprint density at radius 3 is 2.85 bits per heavy atom. The molecule has 0 bridgehead atoms. The molecule has 0 aliphatic heterocycles. The predicted octanol–water partition coefficient (Wildman–Crippen LogP) is 3.61. The van der Waals surface area contributed by atoms with Crippen LogP contribution in [0.4, 0.5) is 0 Å². The smallest absolute Gasteiger partial charge is 0.170 e. The van der Waals surface area contributed by atoms with E-state index >= 15 is 0 Å². The summed E-state index contributed by atoms with van der Waals surface area (Å²) in [5.41, 5.74) is 7.43. The van der Waals surface area contributed by atoms with E-state index in [0.717, 1.165) is 21.2 Å². The van der Waals surface area contributed by atoms with Crippen LogP contribution in [0.1, 0.15) is 10.4 Å². The van der Waals surface area contributed by atoms with Crippen molar-refractivity contribution < 1.29 is 5.21 Å². The van der Waals surface area contributed by atoms with E-state index in [4.69, 9.17) is 10.9 Å². The average molecular weight is 350 g/mol. The second kappa shape index (κ2) is 5.30. The van der Waals surface area contributed by atoms with Crippen LogP contribution in [0.3, 0.4) is 0 Å². The monoisotopic (exact) mass is 349 g/mol. The van der Waals surface area contributed by atoms with Crippen LogP contribution >= 0.6 is 27.3 Å². The van der Waals surface area contributed by atoms with Crippen molar-refractivity contribution in [3.63, 3.8) is 0 Å². The van der Waals surface area contributed by atoms with Gasteiger partial charge in [0.1, 0.15) is 0 Å². The summed E-state index contributed by atoms with van der Waals surface area (Å²) in [6.45, 7) is 0.805. The second-order valence-electron chi connectivity index (χ2n) is 4.41. The summed E-state index contributed by atoms with van der Waals surface area (Å²) in [4.78, 5) is 1.27. The Morgan fingerprint density at radius 2 is 2.15 bits per heavy atom. The number of hydrogen-bond donors (Lipinski definition) is 2. The minimum Gasteiger partial charge on any atom is -0.409 e. The second-order valence-corrected chi connectivity index (χ2v) is 6.96. The number of nitrogens with two attached hydrogens (primary N) is 1. The van der Waals surface area contributed by atoms with Crippen molar-refractivity contribution >= 4 is 44.0 Å². The molecule has 0 atom stereocenters. The normalized spacial score (nSPS) is 12.2. The summed E-state index contributed by atoms with van der Waals surface area (Å²) >= 11 is 5.19. The molecule has 0 aliphatic rings. The highest BCUT2D eigenvalue weighted by atomic mass is 79.9. The van der Waals surface area contributed by atoms with Gasteiger partial charge < -0.3 is 15.5 Å². The Labute approximate surface area is 128 Å². The van der Waals surface area contributed by atoms with Gasteiger partial charge in [0.15, 0.2) is 5.84 Å². The molecular formula is C14H12BrN3OS. The van der Waals surface area contributed by atoms with Gasteiger partial charge in [-0.2, -0.15) is 0 Å². The van der Waals surface area contributed by atoms with E-state index in [2.05, 4.69) is 37.8 Å². The Morgan fingerprint density at radius 1 is 1.30 bits per heavy atom. The van der Waals surface area contributed by atoms with E-state index in [0.29, 0.717) is 5.56 Å². The van der Waals surface area contributed by atoms with Gasteiger partial charge in [-0.15, -0.1) is 11.3 Å². The van der Waals surface area contributed by atoms with Gasteiger partial charge in [-0.25, -0.2) is 0 Å². The fraction of sp³-hybridized carbons (Fsp3) is 0.0714. The Hall–Kier alpha value is -1.79. The average Bonchev–Trinajstić information content (AvgIpc) is 3.05. The van der Waals surface area contributed by atoms with Crippen molar-refractivity contribution in [3.05, 3.63) is 56.8 Å². The first-order chi connectivity index (χ1) is 9.67. The largest absolute Gasteiger partial charge is 0.409 e. The number of nitrogens with zero attached hydrogens (tertiary/aromatic N) is 2. The zero-order valence-electron chi connectivity index (χ0n) is 10.5. The number of aromatic nitrogens is 1. The number of fused-ring (bicyclic) bond motifs is 1. The fourth-order valence-corrected chi connectivity index (χ4v) is 3.63. The number of hydrogen-bond acceptors (Lipinski definition) is 3. The van der Waals surface area contributed by atoms with Crippen molar-refractivity contribution in [3.8, 4) is 0 Å². The van der Waals surface area contributed by atoms with Crippen LogP contribution in [0, 0.1) is 0 Å². The molecule has 2 aromatic heterocycles. The maximum atomic E-state index is 8.77. The fourth-order valence-electron chi connectivity index (χ4n) is 2.14. The first-order valence-corrected chi connectivity index (χ1v) is 7.59. The number of thiophene rings is 1. The molecule has 102 valence electrons. The lowest BCUT2D eigenvalue weighted by Gasteiger charge is -2.05. The van der Waals surface area contributed by atoms with E-state index in [-0.39, 0.29) is 5.84 Å². The van der Waals surface area contributed by atoms with E-state index in [1.807, 2.05) is 30.5 Å². The summed E-state index contributed by atoms with van der Waals surface area (Å²) in [6, 6.07) is 12.0. The summed E-state index contributed by atoms with van der Waals surface area (Å²) in [5, 5.41) is 13.0. The van der Waals surface area contributed by atoms with Crippen LogP contribution < -0.4 is 5.73 Å². The van der Waals surface area contributed by atoms with Crippen molar-refractivity contribution in [2.24, 2.45) is 10.9 Å². The van der Waals surface area contributed by atoms with Crippen LogP contribution in [0.25, 0.3) is 10.9 Å². The van der Waals surface area contributed by atoms with Gasteiger partial charge in [0.2, 0.25) is 0 Å². The third-order valence-electron chi connectivity index (χ3n) is 3.13. The van der Waals surface area contributed by atoms with E-state index in [1.54, 1.807) is 11.3 Å². The summed E-state index contributed by atoms with van der Waals surface area (Å²) in [6.07, 6.45) is 2.05. The number of rotatable bonds is 3. The maximum absolute atomic E-state index is 8.77. The van der Waals surface area contributed by atoms with Crippen molar-refractivity contribution in [2.45, 2.75) is 6.54 Å². The molecule has 3 rings (SSSR count). The zero-order chi connectivity index (χ0) is 14.1. The molecule has 3 aromatic rings. The maximum Gasteiger partial charge on any atom is 0.170 e. The predicted molar refractivity (Wildman–Crippen MR) is 85.6 cm³/mol. The molecule has 6 heteroatoms. The third kappa shape index (κ3) is 2.44. The van der Waals surface area contributed by atoms with Gasteiger partial charge in [0, 0.05) is 22.2 Å². The Bertz CT molecular complexity index is 791. The molecule has 0 spiro atoms. The van der Waals surface area contributed by atoms with Gasteiger partial charge in [-0.3, -0.25) is 0 Å². The molecule has 20 heavy (non-hydrogen) atoms. The molecule has 0 fully saturated rings. The summed E-state index contributed by atoms with van der Waals surface area (Å²) < 4.78 is 3.28. The van der Waals surface area contributed by atoms with Gasteiger partial charge in [0.05, 0.1) is 10.3 Å². The quantitative estimate of drug-likeness (QED) is 0.328. The number of benzene rings is 1. The molecule has 0 unspecified atom stereocenters. The lowest BCUT2D eigenvalue weighted by atomic mass is 10.1. The van der Waals surface area contributed by atoms with E-state index < -0.39 is 0 Å². The van der Waals surface area contributed by atoms with Crippen molar-refractivity contribution in [1.29, 1.82) is 0 Å². The topological polar surface area (TPSA) is 63.5 Å². The zero-order valence-corrected chi connectivity index (χ0v) is 12.9. The molecule has 1 aromatic carbocycles.